The van der Waals surface area contributed by atoms with Gasteiger partial charge in [0.1, 0.15) is 10.7 Å². The van der Waals surface area contributed by atoms with Crippen LogP contribution in [0.3, 0.4) is 0 Å². The fourth-order valence-corrected chi connectivity index (χ4v) is 2.82. The Hall–Kier alpha value is -1.91. The standard InChI is InChI=1S/C10H12FN5O3S/c1-6(10-12-15-16-13-10)14-20(18,19)9-3-2-7(5-17)4-8(9)11/h2-4,6,14,17H,5H2,1H3,(H,12,13,15,16). The summed E-state index contributed by atoms with van der Waals surface area (Å²) in [5, 5.41) is 21.7. The summed E-state index contributed by atoms with van der Waals surface area (Å²) in [5.74, 6) is -0.801. The monoisotopic (exact) mass is 301 g/mol. The second-order valence-corrected chi connectivity index (χ2v) is 5.72. The number of tetrazole rings is 1. The van der Waals surface area contributed by atoms with Crippen molar-refractivity contribution in [2.45, 2.75) is 24.5 Å². The van der Waals surface area contributed by atoms with Crippen LogP contribution in [0.5, 0.6) is 0 Å². The maximum Gasteiger partial charge on any atom is 0.244 e. The molecule has 2 rings (SSSR count). The number of aromatic nitrogens is 4. The van der Waals surface area contributed by atoms with Crippen molar-refractivity contribution in [1.82, 2.24) is 25.3 Å². The Morgan fingerprint density at radius 2 is 2.25 bits per heavy atom. The van der Waals surface area contributed by atoms with Crippen LogP contribution >= 0.6 is 0 Å². The first kappa shape index (κ1) is 14.5. The molecule has 0 aliphatic carbocycles. The zero-order valence-electron chi connectivity index (χ0n) is 10.4. The molecule has 0 fully saturated rings. The minimum absolute atomic E-state index is 0.140. The number of aliphatic hydroxyl groups is 1. The lowest BCUT2D eigenvalue weighted by Crippen LogP contribution is -2.28. The molecule has 0 aliphatic rings. The number of aromatic amines is 1. The van der Waals surface area contributed by atoms with Crippen molar-refractivity contribution in [2.24, 2.45) is 0 Å². The lowest BCUT2D eigenvalue weighted by molar-refractivity contribution is 0.281. The number of hydrogen-bond donors (Lipinski definition) is 3. The molecule has 3 N–H and O–H groups in total. The van der Waals surface area contributed by atoms with E-state index in [4.69, 9.17) is 5.11 Å². The van der Waals surface area contributed by atoms with Crippen molar-refractivity contribution >= 4 is 10.0 Å². The number of rotatable bonds is 5. The van der Waals surface area contributed by atoms with Gasteiger partial charge >= 0.3 is 0 Å². The Morgan fingerprint density at radius 1 is 1.50 bits per heavy atom. The molecule has 2 aromatic rings. The molecule has 0 saturated heterocycles. The van der Waals surface area contributed by atoms with Crippen LogP contribution < -0.4 is 4.72 Å². The summed E-state index contributed by atoms with van der Waals surface area (Å²) in [7, 11) is -4.07. The zero-order valence-corrected chi connectivity index (χ0v) is 11.2. The van der Waals surface area contributed by atoms with Crippen LogP contribution in [-0.4, -0.2) is 34.1 Å². The fraction of sp³-hybridized carbons (Fsp3) is 0.300. The summed E-state index contributed by atoms with van der Waals surface area (Å²) in [5.41, 5.74) is 0.285. The third-order valence-corrected chi connectivity index (χ3v) is 4.12. The van der Waals surface area contributed by atoms with E-state index in [1.807, 2.05) is 0 Å². The molecule has 108 valence electrons. The van der Waals surface area contributed by atoms with Crippen LogP contribution in [0.4, 0.5) is 4.39 Å². The van der Waals surface area contributed by atoms with Crippen LogP contribution in [-0.2, 0) is 16.6 Å². The summed E-state index contributed by atoms with van der Waals surface area (Å²) < 4.78 is 40.1. The molecular weight excluding hydrogens is 289 g/mol. The largest absolute Gasteiger partial charge is 0.392 e. The van der Waals surface area contributed by atoms with E-state index in [0.717, 1.165) is 12.1 Å². The lowest BCUT2D eigenvalue weighted by atomic mass is 10.2. The van der Waals surface area contributed by atoms with Gasteiger partial charge in [-0.25, -0.2) is 17.5 Å². The van der Waals surface area contributed by atoms with E-state index in [1.54, 1.807) is 0 Å². The quantitative estimate of drug-likeness (QED) is 0.707. The molecule has 0 saturated carbocycles. The molecule has 8 nitrogen and oxygen atoms in total. The van der Waals surface area contributed by atoms with Gasteiger partial charge in [0.2, 0.25) is 10.0 Å². The van der Waals surface area contributed by atoms with Gasteiger partial charge in [-0.1, -0.05) is 11.3 Å². The molecular formula is C10H12FN5O3S. The van der Waals surface area contributed by atoms with Crippen LogP contribution in [0.2, 0.25) is 0 Å². The number of hydrogen-bond acceptors (Lipinski definition) is 6. The highest BCUT2D eigenvalue weighted by molar-refractivity contribution is 7.89. The minimum Gasteiger partial charge on any atom is -0.392 e. The number of benzene rings is 1. The highest BCUT2D eigenvalue weighted by atomic mass is 32.2. The first-order chi connectivity index (χ1) is 9.44. The Balaban J connectivity index is 2.27. The summed E-state index contributed by atoms with van der Waals surface area (Å²) in [6.45, 7) is 1.13. The molecule has 1 unspecified atom stereocenters. The fourth-order valence-electron chi connectivity index (χ4n) is 1.56. The molecule has 20 heavy (non-hydrogen) atoms. The molecule has 0 spiro atoms. The zero-order chi connectivity index (χ0) is 14.8. The van der Waals surface area contributed by atoms with Crippen molar-refractivity contribution in [1.29, 1.82) is 0 Å². The van der Waals surface area contributed by atoms with Gasteiger partial charge in [-0.3, -0.25) is 0 Å². The highest BCUT2D eigenvalue weighted by Crippen LogP contribution is 2.18. The van der Waals surface area contributed by atoms with E-state index in [0.29, 0.717) is 0 Å². The Kier molecular flexibility index (Phi) is 4.06. The maximum atomic E-state index is 13.7. The molecule has 0 aliphatic heterocycles. The van der Waals surface area contributed by atoms with Crippen LogP contribution in [0.1, 0.15) is 24.4 Å². The third kappa shape index (κ3) is 2.98. The third-order valence-electron chi connectivity index (χ3n) is 2.55. The minimum atomic E-state index is -4.07. The van der Waals surface area contributed by atoms with Gasteiger partial charge in [-0.15, -0.1) is 10.2 Å². The second-order valence-electron chi connectivity index (χ2n) is 4.04. The van der Waals surface area contributed by atoms with Gasteiger partial charge in [-0.05, 0) is 24.6 Å². The van der Waals surface area contributed by atoms with Gasteiger partial charge in [0.15, 0.2) is 5.82 Å². The van der Waals surface area contributed by atoms with Crippen molar-refractivity contribution in [3.8, 4) is 0 Å². The highest BCUT2D eigenvalue weighted by Gasteiger charge is 2.23. The summed E-state index contributed by atoms with van der Waals surface area (Å²) in [6, 6.07) is 2.62. The molecule has 0 radical (unpaired) electrons. The van der Waals surface area contributed by atoms with E-state index in [9.17, 15) is 12.8 Å². The van der Waals surface area contributed by atoms with E-state index in [1.165, 1.54) is 13.0 Å². The molecule has 1 atom stereocenters. The van der Waals surface area contributed by atoms with Gasteiger partial charge in [0.25, 0.3) is 0 Å². The molecule has 10 heteroatoms. The molecule has 1 aromatic carbocycles. The van der Waals surface area contributed by atoms with Gasteiger partial charge in [0.05, 0.1) is 12.6 Å². The summed E-state index contributed by atoms with van der Waals surface area (Å²) in [6.07, 6.45) is 0. The van der Waals surface area contributed by atoms with Crippen LogP contribution in [0, 0.1) is 5.82 Å². The molecule has 0 amide bonds. The average Bonchev–Trinajstić information content (AvgIpc) is 2.91. The van der Waals surface area contributed by atoms with E-state index >= 15 is 0 Å². The number of nitrogens with one attached hydrogen (secondary N) is 2. The summed E-state index contributed by atoms with van der Waals surface area (Å²) in [4.78, 5) is -0.509. The topological polar surface area (TPSA) is 121 Å². The SMILES string of the molecule is CC(NS(=O)(=O)c1ccc(CO)cc1F)c1nn[nH]n1. The van der Waals surface area contributed by atoms with E-state index in [2.05, 4.69) is 25.3 Å². The molecule has 0 bridgehead atoms. The second kappa shape index (κ2) is 5.61. The van der Waals surface area contributed by atoms with Crippen molar-refractivity contribution in [2.75, 3.05) is 0 Å². The van der Waals surface area contributed by atoms with Gasteiger partial charge in [0, 0.05) is 0 Å². The van der Waals surface area contributed by atoms with E-state index < -0.39 is 26.8 Å². The van der Waals surface area contributed by atoms with E-state index in [-0.39, 0.29) is 18.0 Å². The van der Waals surface area contributed by atoms with Gasteiger partial charge in [-0.2, -0.15) is 5.21 Å². The number of sulfonamides is 1. The maximum absolute atomic E-state index is 13.7. The first-order valence-corrected chi connectivity index (χ1v) is 7.07. The smallest absolute Gasteiger partial charge is 0.244 e. The normalized spacial score (nSPS) is 13.3. The van der Waals surface area contributed by atoms with Crippen LogP contribution in [0.25, 0.3) is 0 Å². The van der Waals surface area contributed by atoms with Crippen molar-refractivity contribution in [3.05, 3.63) is 35.4 Å². The number of aliphatic hydroxyl groups excluding tert-OH is 1. The molecule has 1 heterocycles. The number of nitrogens with zero attached hydrogens (tertiary/aromatic N) is 3. The average molecular weight is 301 g/mol. The lowest BCUT2D eigenvalue weighted by Gasteiger charge is -2.11. The Morgan fingerprint density at radius 3 is 2.80 bits per heavy atom. The Labute approximate surface area is 114 Å². The predicted molar refractivity (Wildman–Crippen MR) is 65.2 cm³/mol. The first-order valence-electron chi connectivity index (χ1n) is 5.59. The molecule has 1 aromatic heterocycles. The number of H-pyrrole nitrogens is 1. The summed E-state index contributed by atoms with van der Waals surface area (Å²) >= 11 is 0. The predicted octanol–water partition coefficient (Wildman–Crippen LogP) is -0.129. The number of halogens is 1. The van der Waals surface area contributed by atoms with Crippen molar-refractivity contribution in [3.63, 3.8) is 0 Å². The van der Waals surface area contributed by atoms with Crippen molar-refractivity contribution < 1.29 is 17.9 Å². The van der Waals surface area contributed by atoms with Crippen LogP contribution in [0.15, 0.2) is 23.1 Å². The van der Waals surface area contributed by atoms with Gasteiger partial charge < -0.3 is 5.11 Å². The Bertz CT molecular complexity index is 689.